The summed E-state index contributed by atoms with van der Waals surface area (Å²) in [5.41, 5.74) is 9.99. The third kappa shape index (κ3) is 6.76. The van der Waals surface area contributed by atoms with Crippen LogP contribution in [-0.4, -0.2) is 5.43 Å². The first-order valence-corrected chi connectivity index (χ1v) is 16.9. The summed E-state index contributed by atoms with van der Waals surface area (Å²) in [6, 6.07) is 24.1. The van der Waals surface area contributed by atoms with Crippen LogP contribution in [0.5, 0.6) is 0 Å². The van der Waals surface area contributed by atoms with E-state index in [0.717, 1.165) is 6.42 Å². The van der Waals surface area contributed by atoms with Crippen molar-refractivity contribution in [3.05, 3.63) is 94.5 Å². The quantitative estimate of drug-likeness (QED) is 0.196. The SMILES string of the molecule is CCc1ccc(-c2c[cH-]c3ccccc23)cc1.C[Si](C)=[Zr+2].Cc1[cH-]c(C)c(C)c1C. The number of benzene rings is 2. The summed E-state index contributed by atoms with van der Waals surface area (Å²) in [4.78, 5) is 0. The minimum absolute atomic E-state index is 0.210. The van der Waals surface area contributed by atoms with Gasteiger partial charge in [0.2, 0.25) is 0 Å². The Balaban J connectivity index is 0.000000207. The monoisotopic (exact) mass is 488 g/mol. The van der Waals surface area contributed by atoms with Crippen LogP contribution in [0.25, 0.3) is 21.9 Å². The summed E-state index contributed by atoms with van der Waals surface area (Å²) in [5.74, 6) is 0. The number of rotatable bonds is 2. The van der Waals surface area contributed by atoms with Gasteiger partial charge >= 0.3 is 41.9 Å². The van der Waals surface area contributed by atoms with E-state index in [1.807, 2.05) is 0 Å². The van der Waals surface area contributed by atoms with E-state index in [9.17, 15) is 0 Å². The van der Waals surface area contributed by atoms with Crippen LogP contribution in [0, 0.1) is 27.7 Å². The molecule has 0 aromatic heterocycles. The van der Waals surface area contributed by atoms with Gasteiger partial charge in [-0.05, 0) is 12.0 Å². The summed E-state index contributed by atoms with van der Waals surface area (Å²) < 4.78 is 0. The molecule has 4 aromatic rings. The third-order valence-corrected chi connectivity index (χ3v) is 5.53. The molecular weight excluding hydrogens is 456 g/mol. The molecule has 0 amide bonds. The minimum Gasteiger partial charge on any atom is -0.196 e. The average molecular weight is 490 g/mol. The Labute approximate surface area is 198 Å². The van der Waals surface area contributed by atoms with Gasteiger partial charge in [-0.2, -0.15) is 28.3 Å². The first-order chi connectivity index (χ1) is 14.2. The summed E-state index contributed by atoms with van der Waals surface area (Å²) in [7, 11) is 0. The summed E-state index contributed by atoms with van der Waals surface area (Å²) in [5, 5.41) is 2.67. The van der Waals surface area contributed by atoms with Crippen molar-refractivity contribution in [2.45, 2.75) is 54.1 Å². The molecule has 0 aliphatic carbocycles. The van der Waals surface area contributed by atoms with Crippen LogP contribution >= 0.6 is 0 Å². The smallest absolute Gasteiger partial charge is 0.0632 e. The molecule has 4 aromatic carbocycles. The summed E-state index contributed by atoms with van der Waals surface area (Å²) in [6.07, 6.45) is 1.10. The van der Waals surface area contributed by atoms with Crippen molar-refractivity contribution < 1.29 is 23.3 Å². The number of fused-ring (bicyclic) bond motifs is 1. The van der Waals surface area contributed by atoms with Gasteiger partial charge in [0.05, 0.1) is 0 Å². The minimum atomic E-state index is 0.210. The number of hydrogen-bond acceptors (Lipinski definition) is 0. The Kier molecular flexibility index (Phi) is 9.72. The van der Waals surface area contributed by atoms with Crippen LogP contribution in [0.2, 0.25) is 13.1 Å². The van der Waals surface area contributed by atoms with Gasteiger partial charge in [-0.15, -0.1) is 46.7 Å². The molecule has 0 unspecified atom stereocenters. The second-order valence-corrected chi connectivity index (χ2v) is 17.5. The fourth-order valence-electron chi connectivity index (χ4n) is 3.46. The topological polar surface area (TPSA) is 0 Å². The van der Waals surface area contributed by atoms with Gasteiger partial charge in [0, 0.05) is 0 Å². The molecule has 0 N–H and O–H groups in total. The molecule has 0 saturated heterocycles. The Morgan fingerprint density at radius 3 is 1.83 bits per heavy atom. The van der Waals surface area contributed by atoms with Gasteiger partial charge in [-0.25, -0.2) is 0 Å². The normalized spacial score (nSPS) is 10.2. The van der Waals surface area contributed by atoms with E-state index >= 15 is 0 Å². The molecule has 154 valence electrons. The molecule has 0 aliphatic rings. The maximum absolute atomic E-state index is 2.31. The zero-order valence-corrected chi connectivity index (χ0v) is 23.0. The molecule has 4 rings (SSSR count). The van der Waals surface area contributed by atoms with E-state index in [4.69, 9.17) is 0 Å². The maximum atomic E-state index is 2.31. The molecule has 0 radical (unpaired) electrons. The van der Waals surface area contributed by atoms with E-state index in [0.29, 0.717) is 0 Å². The van der Waals surface area contributed by atoms with Crippen molar-refractivity contribution in [1.29, 1.82) is 0 Å². The van der Waals surface area contributed by atoms with Gasteiger partial charge in [0.25, 0.3) is 0 Å². The Morgan fingerprint density at radius 1 is 0.833 bits per heavy atom. The first kappa shape index (κ1) is 24.8. The molecule has 0 nitrogen and oxygen atoms in total. The van der Waals surface area contributed by atoms with Gasteiger partial charge in [-0.3, -0.25) is 0 Å². The molecule has 0 bridgehead atoms. The third-order valence-electron chi connectivity index (χ3n) is 5.53. The Morgan fingerprint density at radius 2 is 1.37 bits per heavy atom. The molecular formula is C28H34SiZr. The van der Waals surface area contributed by atoms with Gasteiger partial charge in [-0.1, -0.05) is 70.5 Å². The van der Waals surface area contributed by atoms with Crippen LogP contribution < -0.4 is 0 Å². The molecule has 0 atom stereocenters. The molecule has 2 heteroatoms. The van der Waals surface area contributed by atoms with Gasteiger partial charge in [0.15, 0.2) is 0 Å². The average Bonchev–Trinajstić information content (AvgIpc) is 3.25. The van der Waals surface area contributed by atoms with Gasteiger partial charge < -0.3 is 0 Å². The number of aryl methyl sites for hydroxylation is 3. The van der Waals surface area contributed by atoms with E-state index in [1.54, 1.807) is 23.3 Å². The first-order valence-electron chi connectivity index (χ1n) is 10.7. The molecule has 0 heterocycles. The standard InChI is InChI=1S/C17H15.C9H13.C2H6Si.Zr/c1-2-13-7-9-15(10-8-13)17-12-11-14-5-3-4-6-16(14)17;1-6-5-7(2)9(4)8(6)3;1-3-2;/h3-12H,2H2,1H3;5H,1-4H3;1-2H3;/q2*-1;;+2. The molecule has 0 saturated carbocycles. The fraction of sp³-hybridized carbons (Fsp3) is 0.286. The molecule has 0 spiro atoms. The van der Waals surface area contributed by atoms with Crippen molar-refractivity contribution in [2.75, 3.05) is 0 Å². The second-order valence-electron chi connectivity index (χ2n) is 8.15. The fourth-order valence-corrected chi connectivity index (χ4v) is 3.46. The summed E-state index contributed by atoms with van der Waals surface area (Å²) in [6.45, 7) is 15.5. The summed E-state index contributed by atoms with van der Waals surface area (Å²) >= 11 is 1.74. The van der Waals surface area contributed by atoms with Gasteiger partial charge in [0.1, 0.15) is 0 Å². The maximum Gasteiger partial charge on any atom is -0.0632 e. The van der Waals surface area contributed by atoms with Crippen LogP contribution in [0.15, 0.2) is 66.7 Å². The van der Waals surface area contributed by atoms with Crippen molar-refractivity contribution in [3.63, 3.8) is 0 Å². The van der Waals surface area contributed by atoms with Crippen molar-refractivity contribution in [3.8, 4) is 11.1 Å². The Hall–Kier alpha value is -1.50. The van der Waals surface area contributed by atoms with Crippen molar-refractivity contribution >= 4 is 16.2 Å². The zero-order valence-electron chi connectivity index (χ0n) is 19.6. The largest absolute Gasteiger partial charge is 0.196 e. The van der Waals surface area contributed by atoms with Crippen molar-refractivity contribution in [2.24, 2.45) is 0 Å². The predicted octanol–water partition coefficient (Wildman–Crippen LogP) is 8.21. The van der Waals surface area contributed by atoms with E-state index in [2.05, 4.69) is 114 Å². The zero-order chi connectivity index (χ0) is 22.3. The van der Waals surface area contributed by atoms with E-state index < -0.39 is 0 Å². The Bertz CT molecular complexity index is 1070. The van der Waals surface area contributed by atoms with Crippen molar-refractivity contribution in [1.82, 2.24) is 0 Å². The van der Waals surface area contributed by atoms with Crippen LogP contribution in [-0.2, 0) is 29.8 Å². The molecule has 0 fully saturated rings. The van der Waals surface area contributed by atoms with E-state index in [1.165, 1.54) is 49.7 Å². The van der Waals surface area contributed by atoms with Crippen LogP contribution in [0.4, 0.5) is 0 Å². The second kappa shape index (κ2) is 11.8. The molecule has 0 aliphatic heterocycles. The predicted molar refractivity (Wildman–Crippen MR) is 133 cm³/mol. The van der Waals surface area contributed by atoms with Crippen LogP contribution in [0.1, 0.15) is 34.7 Å². The van der Waals surface area contributed by atoms with E-state index in [-0.39, 0.29) is 5.43 Å². The number of hydrogen-bond donors (Lipinski definition) is 0. The van der Waals surface area contributed by atoms with Crippen LogP contribution in [0.3, 0.4) is 0 Å². The molecule has 30 heavy (non-hydrogen) atoms.